The molecule has 19 heavy (non-hydrogen) atoms. The van der Waals surface area contributed by atoms with Crippen LogP contribution in [0.25, 0.3) is 6.08 Å². The second-order valence-corrected chi connectivity index (χ2v) is 5.95. The number of allylic oxidation sites excluding steroid dienone is 3. The molecule has 0 saturated carbocycles. The molecule has 0 unspecified atom stereocenters. The molecule has 0 fully saturated rings. The molecule has 0 N–H and O–H groups in total. The summed E-state index contributed by atoms with van der Waals surface area (Å²) in [5.74, 6) is 0.213. The van der Waals surface area contributed by atoms with Crippen LogP contribution in [0.5, 0.6) is 0 Å². The van der Waals surface area contributed by atoms with Gasteiger partial charge in [-0.1, -0.05) is 38.1 Å². The Hall–Kier alpha value is -1.83. The van der Waals surface area contributed by atoms with Crippen molar-refractivity contribution in [2.24, 2.45) is 5.41 Å². The van der Waals surface area contributed by atoms with Gasteiger partial charge in [-0.3, -0.25) is 4.79 Å². The maximum absolute atomic E-state index is 11.5. The third kappa shape index (κ3) is 3.14. The number of hydrogen-bond donors (Lipinski definition) is 0. The Morgan fingerprint density at radius 1 is 1.11 bits per heavy atom. The van der Waals surface area contributed by atoms with Crippen molar-refractivity contribution in [3.63, 3.8) is 0 Å². The molecule has 0 bridgehead atoms. The molecule has 1 aromatic carbocycles. The number of rotatable bonds is 2. The molecule has 2 heteroatoms. The zero-order valence-corrected chi connectivity index (χ0v) is 12.1. The highest BCUT2D eigenvalue weighted by atomic mass is 16.1. The number of carbonyl (C=O) groups excluding carboxylic acids is 1. The largest absolute Gasteiger partial charge is 0.378 e. The Kier molecular flexibility index (Phi) is 3.61. The minimum Gasteiger partial charge on any atom is -0.378 e. The van der Waals surface area contributed by atoms with Gasteiger partial charge in [-0.15, -0.1) is 0 Å². The summed E-state index contributed by atoms with van der Waals surface area (Å²) in [5, 5.41) is 0. The van der Waals surface area contributed by atoms with Gasteiger partial charge in [-0.05, 0) is 34.8 Å². The summed E-state index contributed by atoms with van der Waals surface area (Å²) in [6, 6.07) is 8.44. The Morgan fingerprint density at radius 3 is 2.26 bits per heavy atom. The van der Waals surface area contributed by atoms with Crippen LogP contribution < -0.4 is 4.90 Å². The zero-order valence-electron chi connectivity index (χ0n) is 12.1. The molecule has 0 atom stereocenters. The van der Waals surface area contributed by atoms with E-state index in [1.807, 2.05) is 20.2 Å². The summed E-state index contributed by atoms with van der Waals surface area (Å²) in [7, 11) is 4.07. The van der Waals surface area contributed by atoms with E-state index in [1.54, 1.807) is 6.08 Å². The highest BCUT2D eigenvalue weighted by molar-refractivity contribution is 5.93. The Bertz CT molecular complexity index is 533. The van der Waals surface area contributed by atoms with Crippen LogP contribution in [0.4, 0.5) is 5.69 Å². The van der Waals surface area contributed by atoms with E-state index in [4.69, 9.17) is 0 Å². The number of nitrogens with zero attached hydrogens (tertiary/aromatic N) is 1. The van der Waals surface area contributed by atoms with Crippen molar-refractivity contribution in [2.75, 3.05) is 19.0 Å². The highest BCUT2D eigenvalue weighted by Gasteiger charge is 2.27. The van der Waals surface area contributed by atoms with E-state index in [1.165, 1.54) is 16.8 Å². The van der Waals surface area contributed by atoms with E-state index in [2.05, 4.69) is 49.1 Å². The summed E-state index contributed by atoms with van der Waals surface area (Å²) in [6.07, 6.45) is 6.39. The molecule has 0 aliphatic heterocycles. The van der Waals surface area contributed by atoms with Gasteiger partial charge in [0.2, 0.25) is 0 Å². The van der Waals surface area contributed by atoms with Gasteiger partial charge in [0.15, 0.2) is 5.78 Å². The molecular formula is C17H21NO. The topological polar surface area (TPSA) is 20.3 Å². The van der Waals surface area contributed by atoms with Crippen LogP contribution in [-0.2, 0) is 4.79 Å². The van der Waals surface area contributed by atoms with Crippen LogP contribution in [0.3, 0.4) is 0 Å². The number of benzene rings is 1. The van der Waals surface area contributed by atoms with Crippen molar-refractivity contribution in [2.45, 2.75) is 20.3 Å². The van der Waals surface area contributed by atoms with E-state index in [0.29, 0.717) is 6.42 Å². The van der Waals surface area contributed by atoms with Gasteiger partial charge >= 0.3 is 0 Å². The molecule has 0 aromatic heterocycles. The maximum atomic E-state index is 11.5. The molecule has 2 nitrogen and oxygen atoms in total. The van der Waals surface area contributed by atoms with E-state index in [-0.39, 0.29) is 11.2 Å². The third-order valence-electron chi connectivity index (χ3n) is 3.58. The first kappa shape index (κ1) is 13.6. The summed E-state index contributed by atoms with van der Waals surface area (Å²) in [5.41, 5.74) is 3.50. The summed E-state index contributed by atoms with van der Waals surface area (Å²) in [6.45, 7) is 4.24. The molecule has 1 aromatic rings. The molecule has 1 aliphatic rings. The summed E-state index contributed by atoms with van der Waals surface area (Å²) in [4.78, 5) is 13.6. The van der Waals surface area contributed by atoms with Crippen LogP contribution in [0.1, 0.15) is 25.8 Å². The van der Waals surface area contributed by atoms with Gasteiger partial charge in [0.25, 0.3) is 0 Å². The average Bonchev–Trinajstić information content (AvgIpc) is 2.33. The SMILES string of the molecule is CN(C)c1ccc(C=C2C=CC(=O)CC2(C)C)cc1. The van der Waals surface area contributed by atoms with Crippen LogP contribution in [0, 0.1) is 5.41 Å². The molecule has 2 rings (SSSR count). The number of hydrogen-bond acceptors (Lipinski definition) is 2. The lowest BCUT2D eigenvalue weighted by molar-refractivity contribution is -0.116. The molecule has 0 heterocycles. The monoisotopic (exact) mass is 255 g/mol. The van der Waals surface area contributed by atoms with E-state index < -0.39 is 0 Å². The average molecular weight is 255 g/mol. The molecular weight excluding hydrogens is 234 g/mol. The predicted octanol–water partition coefficient (Wildman–Crippen LogP) is 3.69. The van der Waals surface area contributed by atoms with Gasteiger partial charge in [0.1, 0.15) is 0 Å². The maximum Gasteiger partial charge on any atom is 0.156 e. The first-order valence-corrected chi connectivity index (χ1v) is 6.59. The van der Waals surface area contributed by atoms with Gasteiger partial charge in [0, 0.05) is 26.2 Å². The van der Waals surface area contributed by atoms with Gasteiger partial charge in [-0.2, -0.15) is 0 Å². The van der Waals surface area contributed by atoms with Crippen molar-refractivity contribution in [3.05, 3.63) is 47.6 Å². The van der Waals surface area contributed by atoms with Crippen molar-refractivity contribution in [1.82, 2.24) is 0 Å². The quantitative estimate of drug-likeness (QED) is 0.803. The normalized spacial score (nSPS) is 19.8. The first-order valence-electron chi connectivity index (χ1n) is 6.59. The zero-order chi connectivity index (χ0) is 14.0. The number of carbonyl (C=O) groups is 1. The first-order chi connectivity index (χ1) is 8.88. The van der Waals surface area contributed by atoms with E-state index in [9.17, 15) is 4.79 Å². The van der Waals surface area contributed by atoms with E-state index in [0.717, 1.165) is 0 Å². The van der Waals surface area contributed by atoms with Crippen LogP contribution >= 0.6 is 0 Å². The van der Waals surface area contributed by atoms with Gasteiger partial charge in [0.05, 0.1) is 0 Å². The minimum absolute atomic E-state index is 0.0773. The lowest BCUT2D eigenvalue weighted by atomic mass is 9.75. The second-order valence-electron chi connectivity index (χ2n) is 5.95. The molecule has 1 aliphatic carbocycles. The van der Waals surface area contributed by atoms with E-state index >= 15 is 0 Å². The summed E-state index contributed by atoms with van der Waals surface area (Å²) >= 11 is 0. The minimum atomic E-state index is -0.0773. The van der Waals surface area contributed by atoms with Gasteiger partial charge < -0.3 is 4.90 Å². The Morgan fingerprint density at radius 2 is 1.74 bits per heavy atom. The van der Waals surface area contributed by atoms with Crippen LogP contribution in [0.2, 0.25) is 0 Å². The van der Waals surface area contributed by atoms with Crippen molar-refractivity contribution >= 4 is 17.5 Å². The number of ketones is 1. The fraction of sp³-hybridized carbons (Fsp3) is 0.353. The van der Waals surface area contributed by atoms with Crippen LogP contribution in [0.15, 0.2) is 42.0 Å². The lowest BCUT2D eigenvalue weighted by Crippen LogP contribution is -2.21. The molecule has 0 amide bonds. The summed E-state index contributed by atoms with van der Waals surface area (Å²) < 4.78 is 0. The predicted molar refractivity (Wildman–Crippen MR) is 81.3 cm³/mol. The molecule has 100 valence electrons. The fourth-order valence-electron chi connectivity index (χ4n) is 2.30. The highest BCUT2D eigenvalue weighted by Crippen LogP contribution is 2.36. The second kappa shape index (κ2) is 5.04. The fourth-order valence-corrected chi connectivity index (χ4v) is 2.30. The Labute approximate surface area is 115 Å². The Balaban J connectivity index is 2.30. The molecule has 0 radical (unpaired) electrons. The van der Waals surface area contributed by atoms with Crippen molar-refractivity contribution < 1.29 is 4.79 Å². The standard InChI is InChI=1S/C17H21NO/c1-17(2)12-16(19)10-7-14(17)11-13-5-8-15(9-6-13)18(3)4/h5-11H,12H2,1-4H3. The van der Waals surface area contributed by atoms with Crippen LogP contribution in [-0.4, -0.2) is 19.9 Å². The molecule has 0 spiro atoms. The van der Waals surface area contributed by atoms with Crippen molar-refractivity contribution in [3.8, 4) is 0 Å². The number of anilines is 1. The third-order valence-corrected chi connectivity index (χ3v) is 3.58. The van der Waals surface area contributed by atoms with Crippen molar-refractivity contribution in [1.29, 1.82) is 0 Å². The lowest BCUT2D eigenvalue weighted by Gasteiger charge is -2.28. The van der Waals surface area contributed by atoms with Gasteiger partial charge in [-0.25, -0.2) is 0 Å². The molecule has 0 saturated heterocycles. The smallest absolute Gasteiger partial charge is 0.156 e.